The molecule has 1 fully saturated rings. The Bertz CT molecular complexity index is 1130. The Morgan fingerprint density at radius 2 is 2.14 bits per heavy atom. The molecule has 0 aliphatic carbocycles. The molecule has 0 saturated carbocycles. The van der Waals surface area contributed by atoms with E-state index in [2.05, 4.69) is 4.98 Å². The molecule has 28 heavy (non-hydrogen) atoms. The van der Waals surface area contributed by atoms with Crippen LogP contribution in [0.1, 0.15) is 16.1 Å². The van der Waals surface area contributed by atoms with E-state index in [1.807, 2.05) is 0 Å². The maximum absolute atomic E-state index is 12.6. The standard InChI is InChI=1S/C18H11N3O5S2/c19-17-21(18-20-5-6-27-18)15(23)14(28-17)8-10-2-4-13(26-10)9-1-3-12(22)11(7-9)16(24)25/h1-8,19,22H,(H,24,25)/p-1/b14-8-,19-17?. The van der Waals surface area contributed by atoms with Crippen LogP contribution in [-0.2, 0) is 4.79 Å². The number of hydrogen-bond acceptors (Lipinski definition) is 8. The van der Waals surface area contributed by atoms with Gasteiger partial charge in [0.15, 0.2) is 10.3 Å². The lowest BCUT2D eigenvalue weighted by atomic mass is 10.1. The number of carboxylic acids is 1. The maximum Gasteiger partial charge on any atom is 0.335 e. The van der Waals surface area contributed by atoms with E-state index in [4.69, 9.17) is 14.9 Å². The van der Waals surface area contributed by atoms with Crippen molar-refractivity contribution in [3.63, 3.8) is 0 Å². The Kier molecular flexibility index (Phi) is 4.49. The topological polar surface area (TPSA) is 131 Å². The predicted octanol–water partition coefficient (Wildman–Crippen LogP) is 3.23. The van der Waals surface area contributed by atoms with E-state index in [1.165, 1.54) is 40.5 Å². The molecule has 2 aromatic heterocycles. The number of carbonyl (C=O) groups excluding carboxylic acids is 1. The minimum atomic E-state index is -1.31. The summed E-state index contributed by atoms with van der Waals surface area (Å²) in [5.74, 6) is -1.54. The second-order valence-electron chi connectivity index (χ2n) is 5.59. The molecule has 10 heteroatoms. The van der Waals surface area contributed by atoms with Gasteiger partial charge in [-0.25, -0.2) is 14.7 Å². The van der Waals surface area contributed by atoms with Crippen molar-refractivity contribution in [2.24, 2.45) is 0 Å². The van der Waals surface area contributed by atoms with Gasteiger partial charge in [-0.15, -0.1) is 11.3 Å². The lowest BCUT2D eigenvalue weighted by Crippen LogP contribution is -2.27. The van der Waals surface area contributed by atoms with Crippen LogP contribution in [0.4, 0.5) is 5.13 Å². The number of thiazole rings is 1. The van der Waals surface area contributed by atoms with Crippen LogP contribution >= 0.6 is 23.1 Å². The molecular formula is C18H10N3O5S2-. The third-order valence-corrected chi connectivity index (χ3v) is 5.47. The molecule has 1 amide bonds. The van der Waals surface area contributed by atoms with E-state index in [1.54, 1.807) is 23.7 Å². The average Bonchev–Trinajstić information content (AvgIpc) is 3.38. The highest BCUT2D eigenvalue weighted by atomic mass is 32.2. The van der Waals surface area contributed by atoms with Gasteiger partial charge in [0.05, 0.1) is 10.5 Å². The van der Waals surface area contributed by atoms with Crippen LogP contribution in [0.25, 0.3) is 17.4 Å². The number of aromatic nitrogens is 1. The number of nitrogens with one attached hydrogen (secondary N) is 1. The molecule has 8 nitrogen and oxygen atoms in total. The largest absolute Gasteiger partial charge is 0.872 e. The molecule has 1 aromatic carbocycles. The Morgan fingerprint density at radius 1 is 1.32 bits per heavy atom. The highest BCUT2D eigenvalue weighted by Gasteiger charge is 2.35. The number of furan rings is 1. The number of thioether (sulfide) groups is 1. The van der Waals surface area contributed by atoms with Gasteiger partial charge in [-0.2, -0.15) is 0 Å². The molecule has 1 saturated heterocycles. The van der Waals surface area contributed by atoms with Crippen LogP contribution in [0.5, 0.6) is 5.75 Å². The number of carbonyl (C=O) groups is 2. The number of aromatic carboxylic acids is 1. The predicted molar refractivity (Wildman–Crippen MR) is 103 cm³/mol. The molecule has 1 aliphatic rings. The maximum atomic E-state index is 12.6. The van der Waals surface area contributed by atoms with Gasteiger partial charge in [0.1, 0.15) is 11.5 Å². The van der Waals surface area contributed by atoms with Crippen molar-refractivity contribution in [1.29, 1.82) is 5.41 Å². The number of anilines is 1. The zero-order chi connectivity index (χ0) is 19.8. The average molecular weight is 412 g/mol. The van der Waals surface area contributed by atoms with Crippen molar-refractivity contribution in [3.8, 4) is 17.1 Å². The first-order chi connectivity index (χ1) is 13.4. The van der Waals surface area contributed by atoms with Crippen LogP contribution in [0, 0.1) is 5.41 Å². The second-order valence-corrected chi connectivity index (χ2v) is 7.49. The fraction of sp³-hybridized carbons (Fsp3) is 0. The van der Waals surface area contributed by atoms with Gasteiger partial charge in [0.25, 0.3) is 5.91 Å². The summed E-state index contributed by atoms with van der Waals surface area (Å²) in [6.45, 7) is 0. The van der Waals surface area contributed by atoms with Gasteiger partial charge in [-0.05, 0) is 30.0 Å². The number of nitrogens with zero attached hydrogens (tertiary/aromatic N) is 2. The normalized spacial score (nSPS) is 15.6. The second kappa shape index (κ2) is 6.98. The molecule has 0 spiro atoms. The van der Waals surface area contributed by atoms with Crippen LogP contribution in [0.2, 0.25) is 0 Å². The Morgan fingerprint density at radius 3 is 2.86 bits per heavy atom. The lowest BCUT2D eigenvalue weighted by Gasteiger charge is -2.10. The molecular weight excluding hydrogens is 402 g/mol. The van der Waals surface area contributed by atoms with E-state index in [9.17, 15) is 14.7 Å². The third-order valence-electron chi connectivity index (χ3n) is 3.83. The third kappa shape index (κ3) is 3.19. The minimum absolute atomic E-state index is 0.0510. The Labute approximate surface area is 166 Å². The summed E-state index contributed by atoms with van der Waals surface area (Å²) in [5, 5.41) is 30.9. The zero-order valence-corrected chi connectivity index (χ0v) is 15.5. The molecule has 2 N–H and O–H groups in total. The van der Waals surface area contributed by atoms with Crippen molar-refractivity contribution in [1.82, 2.24) is 4.98 Å². The summed E-state index contributed by atoms with van der Waals surface area (Å²) in [6.07, 6.45) is 3.07. The van der Waals surface area contributed by atoms with Crippen molar-refractivity contribution in [2.75, 3.05) is 4.90 Å². The van der Waals surface area contributed by atoms with Crippen molar-refractivity contribution in [3.05, 3.63) is 58.1 Å². The number of carboxylic acid groups (broad SMARTS) is 1. The van der Waals surface area contributed by atoms with Crippen LogP contribution in [0.15, 0.2) is 51.2 Å². The first-order valence-electron chi connectivity index (χ1n) is 7.80. The van der Waals surface area contributed by atoms with E-state index >= 15 is 0 Å². The number of rotatable bonds is 4. The molecule has 140 valence electrons. The monoisotopic (exact) mass is 412 g/mol. The number of benzene rings is 1. The molecule has 1 aliphatic heterocycles. The lowest BCUT2D eigenvalue weighted by molar-refractivity contribution is -0.268. The van der Waals surface area contributed by atoms with Gasteiger partial charge in [-0.3, -0.25) is 10.2 Å². The number of hydrogen-bond donors (Lipinski definition) is 2. The number of amides is 1. The fourth-order valence-corrected chi connectivity index (χ4v) is 4.08. The van der Waals surface area contributed by atoms with Gasteiger partial charge < -0.3 is 14.6 Å². The highest BCUT2D eigenvalue weighted by molar-refractivity contribution is 8.19. The zero-order valence-electron chi connectivity index (χ0n) is 13.9. The van der Waals surface area contributed by atoms with Gasteiger partial charge in [-0.1, -0.05) is 17.9 Å². The molecule has 3 heterocycles. The van der Waals surface area contributed by atoms with Crippen LogP contribution < -0.4 is 10.0 Å². The molecule has 4 rings (SSSR count). The quantitative estimate of drug-likeness (QED) is 0.629. The van der Waals surface area contributed by atoms with Crippen molar-refractivity contribution < 1.29 is 24.2 Å². The SMILES string of the molecule is N=C1S/C(=C\c2ccc(-c3ccc([O-])c(C(=O)O)c3)o2)C(=O)N1c1nccs1. The molecule has 0 atom stereocenters. The first-order valence-corrected chi connectivity index (χ1v) is 9.50. The van der Waals surface area contributed by atoms with Crippen molar-refractivity contribution >= 4 is 51.4 Å². The van der Waals surface area contributed by atoms with E-state index in [-0.39, 0.29) is 16.6 Å². The molecule has 0 bridgehead atoms. The number of amidine groups is 1. The Hall–Kier alpha value is -3.37. The minimum Gasteiger partial charge on any atom is -0.872 e. The summed E-state index contributed by atoms with van der Waals surface area (Å²) >= 11 is 2.25. The summed E-state index contributed by atoms with van der Waals surface area (Å²) in [4.78, 5) is 29.3. The summed E-state index contributed by atoms with van der Waals surface area (Å²) in [7, 11) is 0. The smallest absolute Gasteiger partial charge is 0.335 e. The van der Waals surface area contributed by atoms with Gasteiger partial charge >= 0.3 is 5.97 Å². The summed E-state index contributed by atoms with van der Waals surface area (Å²) < 4.78 is 5.68. The van der Waals surface area contributed by atoms with Crippen molar-refractivity contribution in [2.45, 2.75) is 0 Å². The highest BCUT2D eigenvalue weighted by Crippen LogP contribution is 2.36. The first kappa shape index (κ1) is 18.0. The fourth-order valence-electron chi connectivity index (χ4n) is 2.55. The Balaban J connectivity index is 1.62. The summed E-state index contributed by atoms with van der Waals surface area (Å²) in [6, 6.07) is 7.13. The van der Waals surface area contributed by atoms with Gasteiger partial charge in [0.2, 0.25) is 0 Å². The van der Waals surface area contributed by atoms with Crippen LogP contribution in [0.3, 0.4) is 0 Å². The molecule has 3 aromatic rings. The van der Waals surface area contributed by atoms with E-state index in [0.29, 0.717) is 27.1 Å². The van der Waals surface area contributed by atoms with Gasteiger partial charge in [0, 0.05) is 23.2 Å². The molecule has 0 radical (unpaired) electrons. The van der Waals surface area contributed by atoms with Crippen LogP contribution in [-0.4, -0.2) is 27.1 Å². The summed E-state index contributed by atoms with van der Waals surface area (Å²) in [5.41, 5.74) is 0.0899. The molecule has 0 unspecified atom stereocenters. The van der Waals surface area contributed by atoms with E-state index < -0.39 is 11.7 Å². The van der Waals surface area contributed by atoms with E-state index in [0.717, 1.165) is 11.8 Å².